The highest BCUT2D eigenvalue weighted by Gasteiger charge is 2.44. The van der Waals surface area contributed by atoms with Crippen molar-refractivity contribution in [3.63, 3.8) is 0 Å². The fraction of sp³-hybridized carbons (Fsp3) is 0.533. The second-order valence-corrected chi connectivity index (χ2v) is 5.29. The van der Waals surface area contributed by atoms with Crippen LogP contribution in [0.3, 0.4) is 0 Å². The van der Waals surface area contributed by atoms with E-state index >= 15 is 0 Å². The van der Waals surface area contributed by atoms with Crippen molar-refractivity contribution in [2.75, 3.05) is 18.0 Å². The second-order valence-electron chi connectivity index (χ2n) is 5.29. The van der Waals surface area contributed by atoms with E-state index in [4.69, 9.17) is 4.74 Å². The van der Waals surface area contributed by atoms with E-state index < -0.39 is 0 Å². The number of piperidine rings is 1. The van der Waals surface area contributed by atoms with Crippen molar-refractivity contribution in [3.8, 4) is 0 Å². The molecule has 2 heterocycles. The van der Waals surface area contributed by atoms with Gasteiger partial charge in [-0.2, -0.15) is 0 Å². The van der Waals surface area contributed by atoms with Crippen LogP contribution in [0.4, 0.5) is 10.5 Å². The minimum Gasteiger partial charge on any atom is -0.442 e. The van der Waals surface area contributed by atoms with Crippen LogP contribution in [0.25, 0.3) is 0 Å². The number of ether oxygens (including phenoxy) is 1. The topological polar surface area (TPSA) is 41.6 Å². The number of benzene rings is 1. The van der Waals surface area contributed by atoms with Crippen LogP contribution in [0, 0.1) is 6.92 Å². The Balaban J connectivity index is 2.03. The maximum Gasteiger partial charge on any atom is 0.415 e. The standard InChI is InChI=1S/C15H20N2O2/c1-3-11-6-4-5-10(2)14(11)17-12-7-8-16-9-13(12)19-15(17)18/h4-6,12-13,16H,3,7-9H2,1-2H3. The Kier molecular flexibility index (Phi) is 3.19. The molecule has 0 spiro atoms. The van der Waals surface area contributed by atoms with Gasteiger partial charge in [0.2, 0.25) is 0 Å². The summed E-state index contributed by atoms with van der Waals surface area (Å²) in [6, 6.07) is 6.40. The molecule has 0 bridgehead atoms. The van der Waals surface area contributed by atoms with E-state index in [1.807, 2.05) is 4.90 Å². The molecule has 1 aromatic rings. The molecule has 1 amide bonds. The molecule has 2 saturated heterocycles. The average molecular weight is 260 g/mol. The molecule has 102 valence electrons. The molecular weight excluding hydrogens is 240 g/mol. The quantitative estimate of drug-likeness (QED) is 0.886. The molecule has 0 aromatic heterocycles. The van der Waals surface area contributed by atoms with Crippen LogP contribution in [0.5, 0.6) is 0 Å². The first kappa shape index (κ1) is 12.5. The fourth-order valence-corrected chi connectivity index (χ4v) is 3.16. The first-order valence-electron chi connectivity index (χ1n) is 7.01. The van der Waals surface area contributed by atoms with Gasteiger partial charge in [-0.1, -0.05) is 25.1 Å². The molecule has 2 aliphatic rings. The summed E-state index contributed by atoms with van der Waals surface area (Å²) in [6.45, 7) is 5.90. The first-order valence-corrected chi connectivity index (χ1v) is 7.01. The number of hydrogen-bond acceptors (Lipinski definition) is 3. The maximum atomic E-state index is 12.2. The Morgan fingerprint density at radius 1 is 1.47 bits per heavy atom. The summed E-state index contributed by atoms with van der Waals surface area (Å²) in [6.07, 6.45) is 1.68. The van der Waals surface area contributed by atoms with E-state index in [2.05, 4.69) is 37.4 Å². The number of rotatable bonds is 2. The second kappa shape index (κ2) is 4.85. The number of fused-ring (bicyclic) bond motifs is 1. The van der Waals surface area contributed by atoms with Gasteiger partial charge in [0.15, 0.2) is 0 Å². The van der Waals surface area contributed by atoms with Crippen LogP contribution in [0.15, 0.2) is 18.2 Å². The van der Waals surface area contributed by atoms with Crippen LogP contribution in [-0.2, 0) is 11.2 Å². The van der Waals surface area contributed by atoms with Gasteiger partial charge in [0.05, 0.1) is 11.7 Å². The maximum absolute atomic E-state index is 12.2. The highest BCUT2D eigenvalue weighted by molar-refractivity contribution is 5.92. The third kappa shape index (κ3) is 2.00. The third-order valence-corrected chi connectivity index (χ3v) is 4.12. The zero-order valence-electron chi connectivity index (χ0n) is 11.5. The Labute approximate surface area is 113 Å². The first-order chi connectivity index (χ1) is 9.22. The summed E-state index contributed by atoms with van der Waals surface area (Å²) in [5, 5.41) is 3.29. The zero-order valence-corrected chi connectivity index (χ0v) is 11.5. The average Bonchev–Trinajstić information content (AvgIpc) is 2.74. The minimum atomic E-state index is -0.192. The van der Waals surface area contributed by atoms with Gasteiger partial charge in [-0.3, -0.25) is 4.90 Å². The highest BCUT2D eigenvalue weighted by Crippen LogP contribution is 2.34. The molecule has 0 aliphatic carbocycles. The molecule has 1 aromatic carbocycles. The van der Waals surface area contributed by atoms with Crippen molar-refractivity contribution in [2.24, 2.45) is 0 Å². The predicted octanol–water partition coefficient (Wildman–Crippen LogP) is 2.24. The SMILES string of the molecule is CCc1cccc(C)c1N1C(=O)OC2CNCCC21. The summed E-state index contributed by atoms with van der Waals surface area (Å²) in [5.74, 6) is 0. The summed E-state index contributed by atoms with van der Waals surface area (Å²) in [4.78, 5) is 14.1. The number of anilines is 1. The highest BCUT2D eigenvalue weighted by atomic mass is 16.6. The van der Waals surface area contributed by atoms with Crippen molar-refractivity contribution in [1.29, 1.82) is 0 Å². The van der Waals surface area contributed by atoms with E-state index in [0.29, 0.717) is 0 Å². The fourth-order valence-electron chi connectivity index (χ4n) is 3.16. The monoisotopic (exact) mass is 260 g/mol. The summed E-state index contributed by atoms with van der Waals surface area (Å²) in [7, 11) is 0. The van der Waals surface area contributed by atoms with Crippen molar-refractivity contribution in [3.05, 3.63) is 29.3 Å². The molecule has 2 fully saturated rings. The normalized spacial score (nSPS) is 26.2. The van der Waals surface area contributed by atoms with Crippen LogP contribution >= 0.6 is 0 Å². The molecular formula is C15H20N2O2. The minimum absolute atomic E-state index is 0.00874. The van der Waals surface area contributed by atoms with E-state index in [9.17, 15) is 4.79 Å². The Morgan fingerprint density at radius 2 is 2.32 bits per heavy atom. The van der Waals surface area contributed by atoms with Crippen molar-refractivity contribution in [2.45, 2.75) is 38.8 Å². The van der Waals surface area contributed by atoms with Crippen LogP contribution in [0.2, 0.25) is 0 Å². The predicted molar refractivity (Wildman–Crippen MR) is 74.6 cm³/mol. The van der Waals surface area contributed by atoms with Gasteiger partial charge >= 0.3 is 6.09 Å². The Bertz CT molecular complexity index is 501. The molecule has 4 heteroatoms. The van der Waals surface area contributed by atoms with E-state index in [1.54, 1.807) is 0 Å². The molecule has 2 unspecified atom stereocenters. The van der Waals surface area contributed by atoms with Gasteiger partial charge in [0, 0.05) is 6.54 Å². The number of hydrogen-bond donors (Lipinski definition) is 1. The molecule has 3 rings (SSSR count). The lowest BCUT2D eigenvalue weighted by atomic mass is 9.99. The van der Waals surface area contributed by atoms with Crippen LogP contribution in [-0.4, -0.2) is 31.3 Å². The number of nitrogens with zero attached hydrogens (tertiary/aromatic N) is 1. The summed E-state index contributed by atoms with van der Waals surface area (Å²) in [5.41, 5.74) is 3.43. The van der Waals surface area contributed by atoms with Gasteiger partial charge in [-0.05, 0) is 37.4 Å². The van der Waals surface area contributed by atoms with Crippen LogP contribution < -0.4 is 10.2 Å². The number of carbonyl (C=O) groups is 1. The zero-order chi connectivity index (χ0) is 13.4. The largest absolute Gasteiger partial charge is 0.442 e. The Hall–Kier alpha value is -1.55. The van der Waals surface area contributed by atoms with Crippen molar-refractivity contribution < 1.29 is 9.53 Å². The van der Waals surface area contributed by atoms with E-state index in [0.717, 1.165) is 37.2 Å². The molecule has 1 N–H and O–H groups in total. The smallest absolute Gasteiger partial charge is 0.415 e. The molecule has 0 saturated carbocycles. The number of carbonyl (C=O) groups excluding carboxylic acids is 1. The number of para-hydroxylation sites is 1. The van der Waals surface area contributed by atoms with Gasteiger partial charge in [0.1, 0.15) is 6.10 Å². The molecule has 4 nitrogen and oxygen atoms in total. The molecule has 2 atom stereocenters. The summed E-state index contributed by atoms with van der Waals surface area (Å²) < 4.78 is 5.51. The number of nitrogens with one attached hydrogen (secondary N) is 1. The van der Waals surface area contributed by atoms with Crippen LogP contribution in [0.1, 0.15) is 24.5 Å². The Morgan fingerprint density at radius 3 is 3.11 bits per heavy atom. The van der Waals surface area contributed by atoms with Gasteiger partial charge in [-0.15, -0.1) is 0 Å². The van der Waals surface area contributed by atoms with E-state index in [1.165, 1.54) is 5.56 Å². The lowest BCUT2D eigenvalue weighted by Crippen LogP contribution is -2.47. The van der Waals surface area contributed by atoms with Gasteiger partial charge in [-0.25, -0.2) is 4.79 Å². The lowest BCUT2D eigenvalue weighted by Gasteiger charge is -2.30. The third-order valence-electron chi connectivity index (χ3n) is 4.12. The number of aryl methyl sites for hydroxylation is 2. The van der Waals surface area contributed by atoms with Gasteiger partial charge < -0.3 is 10.1 Å². The van der Waals surface area contributed by atoms with Crippen molar-refractivity contribution >= 4 is 11.8 Å². The van der Waals surface area contributed by atoms with Crippen molar-refractivity contribution in [1.82, 2.24) is 5.32 Å². The molecule has 19 heavy (non-hydrogen) atoms. The van der Waals surface area contributed by atoms with Gasteiger partial charge in [0.25, 0.3) is 0 Å². The van der Waals surface area contributed by atoms with E-state index in [-0.39, 0.29) is 18.2 Å². The summed E-state index contributed by atoms with van der Waals surface area (Å²) >= 11 is 0. The number of amides is 1. The molecule has 0 radical (unpaired) electrons. The molecule has 2 aliphatic heterocycles. The lowest BCUT2D eigenvalue weighted by molar-refractivity contribution is 0.121.